The Morgan fingerprint density at radius 1 is 0.711 bits per heavy atom. The molecule has 5 unspecified atom stereocenters. The van der Waals surface area contributed by atoms with Gasteiger partial charge in [-0.25, -0.2) is 14.5 Å². The lowest BCUT2D eigenvalue weighted by atomic mass is 9.91. The van der Waals surface area contributed by atoms with Crippen molar-refractivity contribution in [1.82, 2.24) is 9.97 Å². The van der Waals surface area contributed by atoms with Crippen molar-refractivity contribution in [3.05, 3.63) is 49.1 Å². The van der Waals surface area contributed by atoms with Crippen LogP contribution in [-0.4, -0.2) is 58.6 Å². The van der Waals surface area contributed by atoms with Gasteiger partial charge in [-0.3, -0.25) is 0 Å². The van der Waals surface area contributed by atoms with Crippen molar-refractivity contribution in [3.63, 3.8) is 0 Å². The van der Waals surface area contributed by atoms with Crippen molar-refractivity contribution in [2.75, 3.05) is 37.9 Å². The Kier molecular flexibility index (Phi) is 24.6. The summed E-state index contributed by atoms with van der Waals surface area (Å²) in [7, 11) is 0. The zero-order chi connectivity index (χ0) is 31.8. The molecule has 0 aliphatic carbocycles. The van der Waals surface area contributed by atoms with Crippen LogP contribution in [0.15, 0.2) is 49.1 Å². The number of hydrogen-bond donors (Lipinski definition) is 0. The molecule has 0 amide bonds. The van der Waals surface area contributed by atoms with E-state index in [9.17, 15) is 4.55 Å². The maximum Gasteiger partial charge on any atom is 0.316 e. The maximum atomic E-state index is 12.8. The van der Waals surface area contributed by atoms with Crippen molar-refractivity contribution >= 4 is 11.2 Å². The van der Waals surface area contributed by atoms with Crippen LogP contribution in [0.2, 0.25) is 0 Å². The summed E-state index contributed by atoms with van der Waals surface area (Å²) in [6.07, 6.45) is 20.1. The molecule has 7 nitrogen and oxygen atoms in total. The van der Waals surface area contributed by atoms with Crippen LogP contribution in [0.4, 0.5) is 0 Å². The van der Waals surface area contributed by atoms with Crippen LogP contribution < -0.4 is 21.7 Å². The SMILES string of the molecule is CC(C)CCCC(C)CCCC(C)CCCC(C)CCOCC(C[S+]([O-])CCOCC[n+]1ccccc1)Oc1ncccn1.[Cl-]. The number of nitrogens with zero attached hydrogens (tertiary/aromatic N) is 3. The normalized spacial score (nSPS) is 14.8. The molecule has 2 heterocycles. The van der Waals surface area contributed by atoms with Crippen LogP contribution in [0, 0.1) is 23.7 Å². The highest BCUT2D eigenvalue weighted by molar-refractivity contribution is 7.91. The molecule has 2 aromatic heterocycles. The van der Waals surface area contributed by atoms with E-state index in [1.165, 1.54) is 57.8 Å². The smallest absolute Gasteiger partial charge is 0.316 e. The van der Waals surface area contributed by atoms with E-state index in [-0.39, 0.29) is 24.5 Å². The zero-order valence-electron chi connectivity index (χ0n) is 28.8. The summed E-state index contributed by atoms with van der Waals surface area (Å²) in [5.74, 6) is 3.96. The molecule has 5 atom stereocenters. The third-order valence-electron chi connectivity index (χ3n) is 8.24. The molecule has 2 aromatic rings. The Bertz CT molecular complexity index is 931. The van der Waals surface area contributed by atoms with E-state index < -0.39 is 11.2 Å². The standard InChI is InChI=1S/C36H62N3O4S.ClH/c1-31(2)13-9-14-32(3)15-10-16-33(4)17-11-18-34(5)19-25-42-29-35(43-36-37-20-12-21-38-36)30-44(40)28-27-41-26-24-39-22-7-6-8-23-39;/h6-8,12,20-23,31-35H,9-11,13-19,24-30H2,1-5H3;1H/q+1;/p-1. The van der Waals surface area contributed by atoms with E-state index in [0.717, 1.165) is 30.7 Å². The first-order valence-corrected chi connectivity index (χ1v) is 18.7. The number of ether oxygens (including phenoxy) is 3. The summed E-state index contributed by atoms with van der Waals surface area (Å²) in [4.78, 5) is 8.35. The summed E-state index contributed by atoms with van der Waals surface area (Å²) in [6, 6.07) is 8.02. The maximum absolute atomic E-state index is 12.8. The summed E-state index contributed by atoms with van der Waals surface area (Å²) < 4.78 is 32.6. The molecular weight excluding hydrogens is 606 g/mol. The van der Waals surface area contributed by atoms with E-state index >= 15 is 0 Å². The van der Waals surface area contributed by atoms with Crippen LogP contribution in [0.25, 0.3) is 0 Å². The van der Waals surface area contributed by atoms with Gasteiger partial charge in [-0.15, -0.1) is 0 Å². The molecule has 0 aromatic carbocycles. The van der Waals surface area contributed by atoms with Crippen molar-refractivity contribution in [2.45, 2.75) is 111 Å². The highest BCUT2D eigenvalue weighted by Gasteiger charge is 2.21. The average Bonchev–Trinajstić information content (AvgIpc) is 3.00. The number of aromatic nitrogens is 3. The van der Waals surface area contributed by atoms with Crippen LogP contribution in [-0.2, 0) is 27.2 Å². The highest BCUT2D eigenvalue weighted by atomic mass is 35.5. The van der Waals surface area contributed by atoms with Gasteiger partial charge >= 0.3 is 6.01 Å². The molecule has 0 aliphatic heterocycles. The Morgan fingerprint density at radius 2 is 1.29 bits per heavy atom. The molecule has 0 spiro atoms. The van der Waals surface area contributed by atoms with Crippen LogP contribution in [0.3, 0.4) is 0 Å². The fourth-order valence-electron chi connectivity index (χ4n) is 5.35. The van der Waals surface area contributed by atoms with E-state index in [0.29, 0.717) is 43.9 Å². The van der Waals surface area contributed by atoms with Crippen molar-refractivity contribution < 1.29 is 35.7 Å². The van der Waals surface area contributed by atoms with Gasteiger partial charge in [0.1, 0.15) is 18.1 Å². The van der Waals surface area contributed by atoms with Gasteiger partial charge in [0.25, 0.3) is 0 Å². The second-order valence-electron chi connectivity index (χ2n) is 13.2. The Labute approximate surface area is 284 Å². The topological polar surface area (TPSA) is 80.4 Å². The predicted molar refractivity (Wildman–Crippen MR) is 181 cm³/mol. The Balaban J connectivity index is 0.0000101. The minimum Gasteiger partial charge on any atom is -1.00 e. The van der Waals surface area contributed by atoms with Gasteiger partial charge in [0.05, 0.1) is 13.2 Å². The van der Waals surface area contributed by atoms with Crippen LogP contribution in [0.5, 0.6) is 6.01 Å². The molecule has 0 fully saturated rings. The first kappa shape index (κ1) is 41.6. The highest BCUT2D eigenvalue weighted by Crippen LogP contribution is 2.22. The van der Waals surface area contributed by atoms with Crippen molar-refractivity contribution in [1.29, 1.82) is 0 Å². The van der Waals surface area contributed by atoms with E-state index in [2.05, 4.69) is 49.2 Å². The number of rotatable bonds is 27. The molecular formula is C36H62ClN3O4S. The van der Waals surface area contributed by atoms with E-state index in [1.54, 1.807) is 18.5 Å². The Morgan fingerprint density at radius 3 is 1.89 bits per heavy atom. The number of pyridine rings is 1. The predicted octanol–water partition coefficient (Wildman–Crippen LogP) is 4.46. The summed E-state index contributed by atoms with van der Waals surface area (Å²) in [5.41, 5.74) is 0. The second kappa shape index (κ2) is 26.6. The van der Waals surface area contributed by atoms with E-state index in [1.807, 2.05) is 30.6 Å². The van der Waals surface area contributed by atoms with Gasteiger partial charge in [0.2, 0.25) is 0 Å². The van der Waals surface area contributed by atoms with Crippen molar-refractivity contribution in [2.24, 2.45) is 23.7 Å². The number of hydrogen-bond acceptors (Lipinski definition) is 6. The first-order chi connectivity index (χ1) is 21.3. The average molecular weight is 668 g/mol. The van der Waals surface area contributed by atoms with Gasteiger partial charge in [0.15, 0.2) is 25.0 Å². The molecule has 258 valence electrons. The summed E-state index contributed by atoms with van der Waals surface area (Å²) in [6.45, 7) is 14.7. The molecule has 2 rings (SSSR count). The molecule has 0 saturated carbocycles. The minimum atomic E-state index is -1.10. The molecule has 0 N–H and O–H groups in total. The third-order valence-corrected chi connectivity index (χ3v) is 9.60. The lowest BCUT2D eigenvalue weighted by Crippen LogP contribution is -3.00. The monoisotopic (exact) mass is 667 g/mol. The third kappa shape index (κ3) is 22.7. The zero-order valence-corrected chi connectivity index (χ0v) is 30.4. The van der Waals surface area contributed by atoms with Gasteiger partial charge in [0, 0.05) is 31.1 Å². The summed E-state index contributed by atoms with van der Waals surface area (Å²) >= 11 is -1.10. The fraction of sp³-hybridized carbons (Fsp3) is 0.750. The van der Waals surface area contributed by atoms with Gasteiger partial charge in [-0.1, -0.05) is 98.5 Å². The molecule has 0 bridgehead atoms. The van der Waals surface area contributed by atoms with Crippen LogP contribution in [0.1, 0.15) is 98.8 Å². The van der Waals surface area contributed by atoms with E-state index in [4.69, 9.17) is 14.2 Å². The second-order valence-corrected chi connectivity index (χ2v) is 14.8. The Hall–Kier alpha value is -1.45. The first-order valence-electron chi connectivity index (χ1n) is 17.2. The van der Waals surface area contributed by atoms with Crippen molar-refractivity contribution in [3.8, 4) is 6.01 Å². The van der Waals surface area contributed by atoms with Gasteiger partial charge in [-0.05, 0) is 47.3 Å². The lowest BCUT2D eigenvalue weighted by Gasteiger charge is -2.20. The lowest BCUT2D eigenvalue weighted by molar-refractivity contribution is -0.698. The fourth-order valence-corrected chi connectivity index (χ4v) is 6.40. The van der Waals surface area contributed by atoms with Gasteiger partial charge in [-0.2, -0.15) is 0 Å². The van der Waals surface area contributed by atoms with Crippen LogP contribution >= 0.6 is 0 Å². The molecule has 45 heavy (non-hydrogen) atoms. The quantitative estimate of drug-likeness (QED) is 0.0795. The summed E-state index contributed by atoms with van der Waals surface area (Å²) in [5, 5.41) is 0. The van der Waals surface area contributed by atoms with Gasteiger partial charge < -0.3 is 31.2 Å². The minimum absolute atomic E-state index is 0. The molecule has 0 aliphatic rings. The largest absolute Gasteiger partial charge is 1.00 e. The molecule has 9 heteroatoms. The molecule has 0 radical (unpaired) electrons. The molecule has 0 saturated heterocycles. The number of halogens is 1.